The molecule has 0 aliphatic rings. The first-order valence-corrected chi connectivity index (χ1v) is 9.30. The number of unbranched alkanes of at least 4 members (excludes halogenated alkanes) is 2. The Morgan fingerprint density at radius 1 is 1.00 bits per heavy atom. The lowest BCUT2D eigenvalue weighted by Crippen LogP contribution is -2.07. The zero-order valence-electron chi connectivity index (χ0n) is 15.6. The molecule has 0 saturated heterocycles. The number of nitrogens with one attached hydrogen (secondary N) is 1. The van der Waals surface area contributed by atoms with Crippen molar-refractivity contribution in [3.8, 4) is 17.1 Å². The van der Waals surface area contributed by atoms with Gasteiger partial charge in [-0.1, -0.05) is 5.21 Å². The van der Waals surface area contributed by atoms with E-state index in [9.17, 15) is 13.2 Å². The molecule has 0 aliphatic carbocycles. The van der Waals surface area contributed by atoms with E-state index in [1.165, 1.54) is 4.80 Å². The van der Waals surface area contributed by atoms with Gasteiger partial charge in [0.2, 0.25) is 5.82 Å². The first-order valence-electron chi connectivity index (χ1n) is 9.30. The lowest BCUT2D eigenvalue weighted by molar-refractivity contribution is -0.135. The summed E-state index contributed by atoms with van der Waals surface area (Å²) in [5.74, 6) is 1.77. The highest BCUT2D eigenvalue weighted by Crippen LogP contribution is 2.23. The minimum absolute atomic E-state index is 0.0592. The molecule has 3 rings (SSSR count). The number of halogens is 3. The van der Waals surface area contributed by atoms with E-state index in [2.05, 4.69) is 36.0 Å². The molecule has 156 valence electrons. The number of rotatable bonds is 11. The molecule has 0 unspecified atom stereocenters. The van der Waals surface area contributed by atoms with Crippen molar-refractivity contribution in [1.29, 1.82) is 0 Å². The molecule has 0 saturated carbocycles. The highest BCUT2D eigenvalue weighted by molar-refractivity contribution is 5.55. The number of H-pyrrole nitrogens is 1. The van der Waals surface area contributed by atoms with Crippen LogP contribution >= 0.6 is 0 Å². The zero-order chi connectivity index (χ0) is 20.5. The highest BCUT2D eigenvalue weighted by atomic mass is 19.4. The molecule has 1 aromatic carbocycles. The minimum atomic E-state index is -4.11. The van der Waals surface area contributed by atoms with E-state index < -0.39 is 12.6 Å². The second-order valence-electron chi connectivity index (χ2n) is 6.44. The molecule has 0 radical (unpaired) electrons. The number of tetrazole rings is 2. The number of aromatic amines is 1. The predicted octanol–water partition coefficient (Wildman–Crippen LogP) is 2.99. The quantitative estimate of drug-likeness (QED) is 0.484. The van der Waals surface area contributed by atoms with Crippen LogP contribution in [0, 0.1) is 0 Å². The van der Waals surface area contributed by atoms with Crippen LogP contribution in [0.4, 0.5) is 13.2 Å². The fourth-order valence-electron chi connectivity index (χ4n) is 2.60. The molecule has 2 heterocycles. The van der Waals surface area contributed by atoms with E-state index in [0.717, 1.165) is 24.8 Å². The summed E-state index contributed by atoms with van der Waals surface area (Å²) in [6, 6.07) is 7.07. The second kappa shape index (κ2) is 9.94. The Balaban J connectivity index is 1.39. The maximum atomic E-state index is 12.1. The summed E-state index contributed by atoms with van der Waals surface area (Å²) in [4.78, 5) is 1.54. The molecule has 0 spiro atoms. The molecule has 0 bridgehead atoms. The summed E-state index contributed by atoms with van der Waals surface area (Å²) in [5.41, 5.74) is 0.785. The van der Waals surface area contributed by atoms with E-state index in [1.54, 1.807) is 24.3 Å². The number of ether oxygens (including phenoxy) is 1. The van der Waals surface area contributed by atoms with Gasteiger partial charge in [-0.05, 0) is 55.2 Å². The number of hydrogen-bond acceptors (Lipinski definition) is 7. The summed E-state index contributed by atoms with van der Waals surface area (Å²) in [5, 5.41) is 26.2. The van der Waals surface area contributed by atoms with E-state index in [0.29, 0.717) is 30.4 Å². The molecular weight excluding hydrogens is 389 g/mol. The van der Waals surface area contributed by atoms with Crippen LogP contribution in [0.2, 0.25) is 0 Å². The Kier molecular flexibility index (Phi) is 7.09. The molecule has 0 fully saturated rings. The second-order valence-corrected chi connectivity index (χ2v) is 6.44. The van der Waals surface area contributed by atoms with Gasteiger partial charge in [-0.15, -0.1) is 20.4 Å². The third kappa shape index (κ3) is 7.12. The Hall–Kier alpha value is -3.05. The van der Waals surface area contributed by atoms with Crippen molar-refractivity contribution >= 4 is 0 Å². The number of aromatic nitrogens is 8. The van der Waals surface area contributed by atoms with Gasteiger partial charge in [-0.3, -0.25) is 0 Å². The van der Waals surface area contributed by atoms with Crippen molar-refractivity contribution in [2.24, 2.45) is 0 Å². The SMILES string of the molecule is FC(F)(F)CCCCOc1ccc(-c2nnn(CCCCc3nn[nH]n3)n2)cc1. The van der Waals surface area contributed by atoms with Gasteiger partial charge in [0, 0.05) is 18.4 Å². The maximum absolute atomic E-state index is 12.1. The molecule has 2 aromatic heterocycles. The average molecular weight is 410 g/mol. The zero-order valence-corrected chi connectivity index (χ0v) is 15.6. The molecule has 0 amide bonds. The lowest BCUT2D eigenvalue weighted by atomic mass is 10.2. The smallest absolute Gasteiger partial charge is 0.389 e. The standard InChI is InChI=1S/C17H21F3N8O/c18-17(19,20)10-2-4-12-29-14-8-6-13(7-9-14)16-23-27-28(24-16)11-3-1-5-15-21-25-26-22-15/h6-9H,1-5,10-12H2,(H,21,22,25,26). The number of aryl methyl sites for hydroxylation is 2. The summed E-state index contributed by atoms with van der Waals surface area (Å²) < 4.78 is 41.7. The summed E-state index contributed by atoms with van der Waals surface area (Å²) in [7, 11) is 0. The monoisotopic (exact) mass is 410 g/mol. The number of nitrogens with zero attached hydrogens (tertiary/aromatic N) is 7. The van der Waals surface area contributed by atoms with E-state index in [-0.39, 0.29) is 13.0 Å². The minimum Gasteiger partial charge on any atom is -0.494 e. The molecule has 1 N–H and O–H groups in total. The van der Waals surface area contributed by atoms with Crippen LogP contribution in [0.3, 0.4) is 0 Å². The van der Waals surface area contributed by atoms with Crippen molar-refractivity contribution in [2.45, 2.75) is 51.2 Å². The van der Waals surface area contributed by atoms with Crippen LogP contribution < -0.4 is 4.74 Å². The van der Waals surface area contributed by atoms with Crippen LogP contribution in [0.5, 0.6) is 5.75 Å². The first-order chi connectivity index (χ1) is 14.0. The number of benzene rings is 1. The molecule has 12 heteroatoms. The van der Waals surface area contributed by atoms with E-state index in [1.807, 2.05) is 0 Å². The molecule has 0 atom stereocenters. The van der Waals surface area contributed by atoms with Gasteiger partial charge < -0.3 is 4.74 Å². The number of hydrogen-bond donors (Lipinski definition) is 1. The van der Waals surface area contributed by atoms with Crippen molar-refractivity contribution in [3.63, 3.8) is 0 Å². The van der Waals surface area contributed by atoms with Gasteiger partial charge in [0.25, 0.3) is 0 Å². The van der Waals surface area contributed by atoms with E-state index in [4.69, 9.17) is 4.74 Å². The topological polar surface area (TPSA) is 107 Å². The fraction of sp³-hybridized carbons (Fsp3) is 0.529. The van der Waals surface area contributed by atoms with Crippen LogP contribution in [0.1, 0.15) is 37.9 Å². The Labute approximate surface area is 164 Å². The molecule has 9 nitrogen and oxygen atoms in total. The van der Waals surface area contributed by atoms with Crippen molar-refractivity contribution in [1.82, 2.24) is 40.8 Å². The molecule has 29 heavy (non-hydrogen) atoms. The van der Waals surface area contributed by atoms with Gasteiger partial charge in [0.1, 0.15) is 5.75 Å². The largest absolute Gasteiger partial charge is 0.494 e. The third-order valence-corrected chi connectivity index (χ3v) is 4.09. The van der Waals surface area contributed by atoms with Crippen LogP contribution in [-0.2, 0) is 13.0 Å². The van der Waals surface area contributed by atoms with Crippen molar-refractivity contribution in [3.05, 3.63) is 30.1 Å². The Morgan fingerprint density at radius 2 is 1.83 bits per heavy atom. The average Bonchev–Trinajstić information content (AvgIpc) is 3.37. The fourth-order valence-corrected chi connectivity index (χ4v) is 2.60. The normalized spacial score (nSPS) is 11.7. The predicted molar refractivity (Wildman–Crippen MR) is 95.8 cm³/mol. The van der Waals surface area contributed by atoms with Gasteiger partial charge in [0.15, 0.2) is 5.82 Å². The Bertz CT molecular complexity index is 848. The summed E-state index contributed by atoms with van der Waals surface area (Å²) >= 11 is 0. The first kappa shape index (κ1) is 20.7. The van der Waals surface area contributed by atoms with Crippen LogP contribution in [-0.4, -0.2) is 53.6 Å². The van der Waals surface area contributed by atoms with Gasteiger partial charge >= 0.3 is 6.18 Å². The van der Waals surface area contributed by atoms with Crippen LogP contribution in [0.25, 0.3) is 11.4 Å². The van der Waals surface area contributed by atoms with Gasteiger partial charge in [-0.25, -0.2) is 0 Å². The van der Waals surface area contributed by atoms with Crippen molar-refractivity contribution in [2.75, 3.05) is 6.61 Å². The number of alkyl halides is 3. The molecular formula is C17H21F3N8O. The highest BCUT2D eigenvalue weighted by Gasteiger charge is 2.25. The Morgan fingerprint density at radius 3 is 2.55 bits per heavy atom. The summed E-state index contributed by atoms with van der Waals surface area (Å²) in [6.07, 6.45) is -2.02. The third-order valence-electron chi connectivity index (χ3n) is 4.09. The van der Waals surface area contributed by atoms with Gasteiger partial charge in [-0.2, -0.15) is 23.2 Å². The lowest BCUT2D eigenvalue weighted by Gasteiger charge is -2.08. The maximum Gasteiger partial charge on any atom is 0.389 e. The summed E-state index contributed by atoms with van der Waals surface area (Å²) in [6.45, 7) is 0.873. The van der Waals surface area contributed by atoms with Gasteiger partial charge in [0.05, 0.1) is 13.2 Å². The van der Waals surface area contributed by atoms with Crippen LogP contribution in [0.15, 0.2) is 24.3 Å². The van der Waals surface area contributed by atoms with Crippen molar-refractivity contribution < 1.29 is 17.9 Å². The van der Waals surface area contributed by atoms with E-state index >= 15 is 0 Å². The molecule has 0 aliphatic heterocycles. The molecule has 3 aromatic rings.